The van der Waals surface area contributed by atoms with Gasteiger partial charge in [0.25, 0.3) is 0 Å². The summed E-state index contributed by atoms with van der Waals surface area (Å²) in [5.74, 6) is 0.528. The fourth-order valence-electron chi connectivity index (χ4n) is 1.46. The minimum absolute atomic E-state index is 0.493. The number of nitriles is 1. The molecule has 18 heavy (non-hydrogen) atoms. The first-order valence-electron chi connectivity index (χ1n) is 5.20. The van der Waals surface area contributed by atoms with Gasteiger partial charge in [-0.05, 0) is 53.2 Å². The van der Waals surface area contributed by atoms with E-state index in [0.29, 0.717) is 16.4 Å². The Morgan fingerprint density at radius 3 is 2.83 bits per heavy atom. The molecule has 5 heteroatoms. The van der Waals surface area contributed by atoms with E-state index in [1.54, 1.807) is 24.3 Å². The van der Waals surface area contributed by atoms with Gasteiger partial charge in [-0.1, -0.05) is 11.6 Å². The molecule has 0 atom stereocenters. The summed E-state index contributed by atoms with van der Waals surface area (Å²) in [5, 5.41) is 12.8. The number of anilines is 2. The first-order valence-corrected chi connectivity index (χ1v) is 6.37. The van der Waals surface area contributed by atoms with Crippen molar-refractivity contribution in [1.29, 1.82) is 5.26 Å². The minimum Gasteiger partial charge on any atom is -0.338 e. The Morgan fingerprint density at radius 1 is 1.33 bits per heavy atom. The summed E-state index contributed by atoms with van der Waals surface area (Å²) in [6, 6.07) is 11.0. The predicted molar refractivity (Wildman–Crippen MR) is 76.1 cm³/mol. The summed E-state index contributed by atoms with van der Waals surface area (Å²) >= 11 is 9.36. The zero-order valence-corrected chi connectivity index (χ0v) is 11.9. The SMILES string of the molecule is Cc1ccc(C#N)c(Nc2cc(Cl)ccc2Br)n1. The van der Waals surface area contributed by atoms with Crippen LogP contribution in [0.25, 0.3) is 0 Å². The lowest BCUT2D eigenvalue weighted by Gasteiger charge is -2.10. The van der Waals surface area contributed by atoms with Gasteiger partial charge in [0.2, 0.25) is 0 Å². The number of nitrogens with zero attached hydrogens (tertiary/aromatic N) is 2. The lowest BCUT2D eigenvalue weighted by molar-refractivity contribution is 1.19. The monoisotopic (exact) mass is 321 g/mol. The number of hydrogen-bond donors (Lipinski definition) is 1. The van der Waals surface area contributed by atoms with Crippen LogP contribution in [0.4, 0.5) is 11.5 Å². The molecule has 0 spiro atoms. The first-order chi connectivity index (χ1) is 8.60. The van der Waals surface area contributed by atoms with Crippen molar-refractivity contribution in [3.63, 3.8) is 0 Å². The van der Waals surface area contributed by atoms with Crippen molar-refractivity contribution in [1.82, 2.24) is 4.98 Å². The number of hydrogen-bond acceptors (Lipinski definition) is 3. The summed E-state index contributed by atoms with van der Waals surface area (Å²) in [7, 11) is 0. The number of rotatable bonds is 2. The minimum atomic E-state index is 0.493. The van der Waals surface area contributed by atoms with Crippen LogP contribution in [-0.2, 0) is 0 Å². The van der Waals surface area contributed by atoms with E-state index in [1.807, 2.05) is 13.0 Å². The Bertz CT molecular complexity index is 635. The molecule has 1 aromatic carbocycles. The highest BCUT2D eigenvalue weighted by Crippen LogP contribution is 2.29. The van der Waals surface area contributed by atoms with Crippen LogP contribution in [0.3, 0.4) is 0 Å². The highest BCUT2D eigenvalue weighted by molar-refractivity contribution is 9.10. The van der Waals surface area contributed by atoms with Crippen LogP contribution in [0, 0.1) is 18.3 Å². The summed E-state index contributed by atoms with van der Waals surface area (Å²) in [5.41, 5.74) is 2.11. The quantitative estimate of drug-likeness (QED) is 0.890. The van der Waals surface area contributed by atoms with Crippen molar-refractivity contribution in [3.8, 4) is 6.07 Å². The van der Waals surface area contributed by atoms with Crippen molar-refractivity contribution in [2.45, 2.75) is 6.92 Å². The summed E-state index contributed by atoms with van der Waals surface area (Å²) in [6.07, 6.45) is 0. The van der Waals surface area contributed by atoms with Gasteiger partial charge in [-0.25, -0.2) is 4.98 Å². The van der Waals surface area contributed by atoms with Gasteiger partial charge in [-0.3, -0.25) is 0 Å². The summed E-state index contributed by atoms with van der Waals surface area (Å²) < 4.78 is 0.860. The molecule has 1 heterocycles. The van der Waals surface area contributed by atoms with Gasteiger partial charge < -0.3 is 5.32 Å². The van der Waals surface area contributed by atoms with Gasteiger partial charge in [-0.15, -0.1) is 0 Å². The van der Waals surface area contributed by atoms with E-state index in [0.717, 1.165) is 15.9 Å². The molecule has 0 aliphatic rings. The Labute approximate surface area is 119 Å². The highest BCUT2D eigenvalue weighted by Gasteiger charge is 2.07. The molecule has 0 aliphatic carbocycles. The van der Waals surface area contributed by atoms with Gasteiger partial charge >= 0.3 is 0 Å². The lowest BCUT2D eigenvalue weighted by Crippen LogP contribution is -1.99. The zero-order chi connectivity index (χ0) is 13.1. The van der Waals surface area contributed by atoms with Crippen LogP contribution in [0.2, 0.25) is 5.02 Å². The molecule has 1 aromatic heterocycles. The van der Waals surface area contributed by atoms with Gasteiger partial charge in [0.1, 0.15) is 11.9 Å². The van der Waals surface area contributed by atoms with Gasteiger partial charge in [0, 0.05) is 15.2 Å². The maximum Gasteiger partial charge on any atom is 0.148 e. The standard InChI is InChI=1S/C13H9BrClN3/c1-8-2-3-9(7-16)13(17-8)18-12-6-10(15)4-5-11(12)14/h2-6H,1H3,(H,17,18). The zero-order valence-electron chi connectivity index (χ0n) is 9.54. The molecule has 0 amide bonds. The maximum atomic E-state index is 9.04. The van der Waals surface area contributed by atoms with Gasteiger partial charge in [-0.2, -0.15) is 5.26 Å². The molecule has 0 aliphatic heterocycles. The fourth-order valence-corrected chi connectivity index (χ4v) is 1.98. The highest BCUT2D eigenvalue weighted by atomic mass is 79.9. The average molecular weight is 323 g/mol. The van der Waals surface area contributed by atoms with E-state index in [9.17, 15) is 0 Å². The largest absolute Gasteiger partial charge is 0.338 e. The van der Waals surface area contributed by atoms with E-state index in [4.69, 9.17) is 16.9 Å². The lowest BCUT2D eigenvalue weighted by atomic mass is 10.2. The van der Waals surface area contributed by atoms with E-state index in [1.165, 1.54) is 0 Å². The van der Waals surface area contributed by atoms with E-state index in [-0.39, 0.29) is 0 Å². The number of halogens is 2. The maximum absolute atomic E-state index is 9.04. The number of aromatic nitrogens is 1. The van der Waals surface area contributed by atoms with Crippen LogP contribution in [0.5, 0.6) is 0 Å². The van der Waals surface area contributed by atoms with Crippen molar-refractivity contribution >= 4 is 39.0 Å². The number of aryl methyl sites for hydroxylation is 1. The van der Waals surface area contributed by atoms with Crippen LogP contribution >= 0.6 is 27.5 Å². The molecule has 0 bridgehead atoms. The van der Waals surface area contributed by atoms with Crippen LogP contribution < -0.4 is 5.32 Å². The summed E-state index contributed by atoms with van der Waals surface area (Å²) in [6.45, 7) is 1.87. The topological polar surface area (TPSA) is 48.7 Å². The molecular weight excluding hydrogens is 314 g/mol. The molecule has 0 fully saturated rings. The summed E-state index contributed by atoms with van der Waals surface area (Å²) in [4.78, 5) is 4.31. The Hall–Kier alpha value is -1.57. The number of benzene rings is 1. The van der Waals surface area contributed by atoms with Crippen molar-refractivity contribution in [2.24, 2.45) is 0 Å². The second-order valence-corrected chi connectivity index (χ2v) is 5.00. The third-order valence-corrected chi connectivity index (χ3v) is 3.26. The molecule has 0 radical (unpaired) electrons. The van der Waals surface area contributed by atoms with Crippen LogP contribution in [0.15, 0.2) is 34.8 Å². The Balaban J connectivity index is 2.43. The number of nitrogens with one attached hydrogen (secondary N) is 1. The van der Waals surface area contributed by atoms with E-state index < -0.39 is 0 Å². The van der Waals surface area contributed by atoms with Gasteiger partial charge in [0.05, 0.1) is 11.3 Å². The molecule has 0 saturated heterocycles. The second-order valence-electron chi connectivity index (χ2n) is 3.71. The van der Waals surface area contributed by atoms with Crippen molar-refractivity contribution in [2.75, 3.05) is 5.32 Å². The van der Waals surface area contributed by atoms with E-state index in [2.05, 4.69) is 32.3 Å². The Morgan fingerprint density at radius 2 is 2.11 bits per heavy atom. The molecule has 2 rings (SSSR count). The molecule has 2 aromatic rings. The molecule has 3 nitrogen and oxygen atoms in total. The molecule has 0 saturated carbocycles. The normalized spacial score (nSPS) is 9.89. The molecular formula is C13H9BrClN3. The molecule has 1 N–H and O–H groups in total. The van der Waals surface area contributed by atoms with Crippen molar-refractivity contribution < 1.29 is 0 Å². The second kappa shape index (κ2) is 5.38. The Kier molecular flexibility index (Phi) is 3.85. The van der Waals surface area contributed by atoms with Crippen LogP contribution in [-0.4, -0.2) is 4.98 Å². The molecule has 90 valence electrons. The predicted octanol–water partition coefficient (Wildman–Crippen LogP) is 4.42. The molecule has 0 unspecified atom stereocenters. The number of pyridine rings is 1. The third-order valence-electron chi connectivity index (χ3n) is 2.34. The van der Waals surface area contributed by atoms with Crippen molar-refractivity contribution in [3.05, 3.63) is 51.1 Å². The third kappa shape index (κ3) is 2.81. The van der Waals surface area contributed by atoms with Crippen LogP contribution in [0.1, 0.15) is 11.3 Å². The van der Waals surface area contributed by atoms with E-state index >= 15 is 0 Å². The smallest absolute Gasteiger partial charge is 0.148 e. The van der Waals surface area contributed by atoms with Gasteiger partial charge in [0.15, 0.2) is 0 Å². The average Bonchev–Trinajstić information content (AvgIpc) is 2.34. The fraction of sp³-hybridized carbons (Fsp3) is 0.0769. The first kappa shape index (κ1) is 12.9.